The number of halogens is 3. The Bertz CT molecular complexity index is 1400. The Balaban J connectivity index is 2.16. The van der Waals surface area contributed by atoms with Gasteiger partial charge in [0.2, 0.25) is 0 Å². The number of pyridine rings is 1. The Morgan fingerprint density at radius 2 is 1.84 bits per heavy atom. The van der Waals surface area contributed by atoms with Gasteiger partial charge in [-0.25, -0.2) is 9.18 Å². The maximum atomic E-state index is 14.7. The first-order chi connectivity index (χ1) is 14.7. The van der Waals surface area contributed by atoms with Crippen LogP contribution in [0.2, 0.25) is 5.15 Å². The largest absolute Gasteiger partial charge is 0.354 e. The van der Waals surface area contributed by atoms with Crippen molar-refractivity contribution in [3.8, 4) is 16.8 Å². The van der Waals surface area contributed by atoms with Gasteiger partial charge in [0.15, 0.2) is 0 Å². The van der Waals surface area contributed by atoms with Crippen molar-refractivity contribution >= 4 is 38.4 Å². The predicted octanol–water partition coefficient (Wildman–Crippen LogP) is 6.74. The Morgan fingerprint density at radius 3 is 2.55 bits per heavy atom. The molecule has 4 rings (SSSR count). The maximum Gasteiger partial charge on any atom is 0.354 e. The average molecular weight is 501 g/mol. The van der Waals surface area contributed by atoms with Crippen molar-refractivity contribution in [3.05, 3.63) is 85.3 Å². The van der Waals surface area contributed by atoms with E-state index in [0.717, 1.165) is 16.8 Å². The number of nitrogens with zero attached hydrogens (tertiary/aromatic N) is 3. The summed E-state index contributed by atoms with van der Waals surface area (Å²) in [4.78, 5) is 21.7. The summed E-state index contributed by atoms with van der Waals surface area (Å²) in [5, 5.41) is 0.684. The highest BCUT2D eigenvalue weighted by Gasteiger charge is 2.20. The highest BCUT2D eigenvalue weighted by atomic mass is 79.9. The molecule has 0 unspecified atom stereocenters. The number of hydrogen-bond acceptors (Lipinski definition) is 3. The third-order valence-electron chi connectivity index (χ3n) is 5.27. The molecule has 0 aliphatic rings. The van der Waals surface area contributed by atoms with Crippen LogP contribution < -0.4 is 5.69 Å². The fourth-order valence-electron chi connectivity index (χ4n) is 3.76. The monoisotopic (exact) mass is 499 g/mol. The minimum absolute atomic E-state index is 0.0802. The lowest BCUT2D eigenvalue weighted by Gasteiger charge is -2.19. The molecule has 0 fully saturated rings. The summed E-state index contributed by atoms with van der Waals surface area (Å²) >= 11 is 9.90. The van der Waals surface area contributed by atoms with E-state index in [-0.39, 0.29) is 16.9 Å². The molecule has 7 heteroatoms. The first-order valence-corrected chi connectivity index (χ1v) is 11.0. The zero-order valence-corrected chi connectivity index (χ0v) is 19.8. The number of fused-ring (bicyclic) bond motifs is 1. The summed E-state index contributed by atoms with van der Waals surface area (Å²) in [5.74, 6) is -0.267. The molecular weight excluding hydrogens is 481 g/mol. The van der Waals surface area contributed by atoms with Crippen molar-refractivity contribution in [3.63, 3.8) is 0 Å². The molecular formula is C24H20BrClFN3O. The van der Waals surface area contributed by atoms with E-state index in [1.807, 2.05) is 33.8 Å². The van der Waals surface area contributed by atoms with E-state index in [0.29, 0.717) is 32.2 Å². The van der Waals surface area contributed by atoms with Gasteiger partial charge in [-0.15, -0.1) is 0 Å². The number of hydrogen-bond donors (Lipinski definition) is 0. The number of rotatable bonds is 3. The molecule has 31 heavy (non-hydrogen) atoms. The molecule has 0 spiro atoms. The van der Waals surface area contributed by atoms with Crippen LogP contribution in [0.5, 0.6) is 0 Å². The molecule has 0 saturated carbocycles. The smallest absolute Gasteiger partial charge is 0.259 e. The normalized spacial score (nSPS) is 11.5. The molecule has 0 saturated heterocycles. The zero-order valence-electron chi connectivity index (χ0n) is 17.5. The molecule has 2 aromatic carbocycles. The number of benzene rings is 2. The topological polar surface area (TPSA) is 47.8 Å². The van der Waals surface area contributed by atoms with Crippen molar-refractivity contribution in [1.29, 1.82) is 0 Å². The van der Waals surface area contributed by atoms with Crippen LogP contribution in [-0.4, -0.2) is 14.5 Å². The van der Waals surface area contributed by atoms with E-state index in [1.54, 1.807) is 30.5 Å². The molecule has 4 aromatic rings. The third-order valence-corrected chi connectivity index (χ3v) is 6.21. The summed E-state index contributed by atoms with van der Waals surface area (Å²) in [5.41, 5.74) is 4.37. The lowest BCUT2D eigenvalue weighted by molar-refractivity contribution is 0.631. The predicted molar refractivity (Wildman–Crippen MR) is 127 cm³/mol. The molecule has 0 aliphatic carbocycles. The van der Waals surface area contributed by atoms with Crippen LogP contribution in [0, 0.1) is 19.7 Å². The summed E-state index contributed by atoms with van der Waals surface area (Å²) in [6, 6.07) is 10.4. The van der Waals surface area contributed by atoms with E-state index < -0.39 is 5.69 Å². The summed E-state index contributed by atoms with van der Waals surface area (Å²) < 4.78 is 16.9. The van der Waals surface area contributed by atoms with Crippen molar-refractivity contribution in [2.45, 2.75) is 33.6 Å². The van der Waals surface area contributed by atoms with E-state index in [9.17, 15) is 9.18 Å². The molecule has 2 heterocycles. The molecule has 0 radical (unpaired) electrons. The second-order valence-corrected chi connectivity index (χ2v) is 9.08. The van der Waals surface area contributed by atoms with Crippen LogP contribution >= 0.6 is 27.5 Å². The number of aryl methyl sites for hydroxylation is 2. The van der Waals surface area contributed by atoms with Gasteiger partial charge in [0.05, 0.1) is 16.9 Å². The SMILES string of the molecule is Cc1ccc(F)c(-c2cc3c(cc2Br)c(Cl)nc(=O)n3-c2c(C)ccnc2C(C)C)c1. The third kappa shape index (κ3) is 3.79. The molecule has 4 nitrogen and oxygen atoms in total. The van der Waals surface area contributed by atoms with Gasteiger partial charge < -0.3 is 0 Å². The van der Waals surface area contributed by atoms with Crippen molar-refractivity contribution in [2.24, 2.45) is 0 Å². The molecule has 0 amide bonds. The lowest BCUT2D eigenvalue weighted by Crippen LogP contribution is -2.24. The Labute approximate surface area is 192 Å². The molecule has 2 aromatic heterocycles. The quantitative estimate of drug-likeness (QED) is 0.293. The first-order valence-electron chi connectivity index (χ1n) is 9.83. The molecule has 158 valence electrons. The fourth-order valence-corrected chi connectivity index (χ4v) is 4.54. The van der Waals surface area contributed by atoms with E-state index in [4.69, 9.17) is 11.6 Å². The van der Waals surface area contributed by atoms with Crippen molar-refractivity contribution in [2.75, 3.05) is 0 Å². The van der Waals surface area contributed by atoms with Crippen LogP contribution in [0.1, 0.15) is 36.6 Å². The van der Waals surface area contributed by atoms with Gasteiger partial charge in [-0.1, -0.05) is 53.0 Å². The van der Waals surface area contributed by atoms with Gasteiger partial charge in [0.1, 0.15) is 11.0 Å². The lowest BCUT2D eigenvalue weighted by atomic mass is 10.0. The van der Waals surface area contributed by atoms with Crippen molar-refractivity contribution in [1.82, 2.24) is 14.5 Å². The maximum absolute atomic E-state index is 14.7. The molecule has 0 aliphatic heterocycles. The molecule has 0 bridgehead atoms. The Hall–Kier alpha value is -2.57. The van der Waals surface area contributed by atoms with Crippen LogP contribution in [0.25, 0.3) is 27.7 Å². The Kier molecular flexibility index (Phi) is 5.71. The van der Waals surface area contributed by atoms with Crippen LogP contribution in [0.3, 0.4) is 0 Å². The summed E-state index contributed by atoms with van der Waals surface area (Å²) in [7, 11) is 0. The Morgan fingerprint density at radius 1 is 1.10 bits per heavy atom. The zero-order chi connectivity index (χ0) is 22.4. The fraction of sp³-hybridized carbons (Fsp3) is 0.208. The van der Waals surface area contributed by atoms with E-state index in [1.165, 1.54) is 10.6 Å². The van der Waals surface area contributed by atoms with Crippen LogP contribution in [0.4, 0.5) is 4.39 Å². The van der Waals surface area contributed by atoms with Gasteiger partial charge in [0.25, 0.3) is 0 Å². The van der Waals surface area contributed by atoms with Gasteiger partial charge in [-0.2, -0.15) is 4.98 Å². The first kappa shape index (κ1) is 21.7. The van der Waals surface area contributed by atoms with Gasteiger partial charge in [-0.3, -0.25) is 9.55 Å². The van der Waals surface area contributed by atoms with Gasteiger partial charge >= 0.3 is 5.69 Å². The highest BCUT2D eigenvalue weighted by molar-refractivity contribution is 9.10. The molecule has 0 atom stereocenters. The number of aromatic nitrogens is 3. The second-order valence-electron chi connectivity index (χ2n) is 7.87. The minimum Gasteiger partial charge on any atom is -0.259 e. The van der Waals surface area contributed by atoms with Crippen LogP contribution in [0.15, 0.2) is 51.9 Å². The van der Waals surface area contributed by atoms with Gasteiger partial charge in [0, 0.05) is 27.2 Å². The minimum atomic E-state index is -0.506. The van der Waals surface area contributed by atoms with Crippen LogP contribution in [-0.2, 0) is 0 Å². The van der Waals surface area contributed by atoms with Crippen molar-refractivity contribution < 1.29 is 4.39 Å². The molecule has 0 N–H and O–H groups in total. The second kappa shape index (κ2) is 8.17. The average Bonchev–Trinajstić information content (AvgIpc) is 2.71. The van der Waals surface area contributed by atoms with Gasteiger partial charge in [-0.05, 0) is 55.7 Å². The van der Waals surface area contributed by atoms with E-state index >= 15 is 0 Å². The highest BCUT2D eigenvalue weighted by Crippen LogP contribution is 2.37. The van der Waals surface area contributed by atoms with E-state index in [2.05, 4.69) is 25.9 Å². The standard InChI is InChI=1S/C24H20BrClFN3O/c1-12(2)21-22(14(4)7-8-28-21)30-20-11-15(16-9-13(3)5-6-19(16)27)18(25)10-17(20)23(26)29-24(30)31/h5-12H,1-4H3. The summed E-state index contributed by atoms with van der Waals surface area (Å²) in [6.45, 7) is 7.87. The summed E-state index contributed by atoms with van der Waals surface area (Å²) in [6.07, 6.45) is 1.73.